The Morgan fingerprint density at radius 1 is 1.09 bits per heavy atom. The van der Waals surface area contributed by atoms with Crippen molar-refractivity contribution in [1.29, 1.82) is 5.26 Å². The summed E-state index contributed by atoms with van der Waals surface area (Å²) in [5.74, 6) is -0.395. The van der Waals surface area contributed by atoms with Crippen LogP contribution in [0.25, 0.3) is 22.5 Å². The molecule has 0 aliphatic carbocycles. The lowest BCUT2D eigenvalue weighted by molar-refractivity contribution is -0.384. The molecule has 1 amide bonds. The maximum atomic E-state index is 13.0. The van der Waals surface area contributed by atoms with Crippen LogP contribution >= 0.6 is 0 Å². The molecule has 9 nitrogen and oxygen atoms in total. The molecule has 1 aromatic heterocycles. The van der Waals surface area contributed by atoms with Gasteiger partial charge in [0.1, 0.15) is 0 Å². The monoisotopic (exact) mass is 448 g/mol. The van der Waals surface area contributed by atoms with Gasteiger partial charge in [-0.15, -0.1) is 0 Å². The number of hydrogen-bond donors (Lipinski definition) is 3. The van der Waals surface area contributed by atoms with Gasteiger partial charge in [-0.3, -0.25) is 14.9 Å². The molecule has 5 rings (SSSR count). The minimum absolute atomic E-state index is 0.124. The lowest BCUT2D eigenvalue weighted by Crippen LogP contribution is -2.10. The van der Waals surface area contributed by atoms with E-state index in [1.54, 1.807) is 36.8 Å². The van der Waals surface area contributed by atoms with E-state index in [0.717, 1.165) is 11.3 Å². The van der Waals surface area contributed by atoms with Crippen LogP contribution in [0.1, 0.15) is 16.7 Å². The predicted octanol–water partition coefficient (Wildman–Crippen LogP) is 4.79. The van der Waals surface area contributed by atoms with Crippen molar-refractivity contribution in [2.24, 2.45) is 0 Å². The van der Waals surface area contributed by atoms with Crippen molar-refractivity contribution in [3.05, 3.63) is 106 Å². The van der Waals surface area contributed by atoms with Gasteiger partial charge in [-0.05, 0) is 30.3 Å². The number of non-ortho nitro benzene ring substituents is 1. The first-order valence-corrected chi connectivity index (χ1v) is 10.2. The van der Waals surface area contributed by atoms with Crippen LogP contribution in [0.2, 0.25) is 0 Å². The van der Waals surface area contributed by atoms with Crippen LogP contribution in [0, 0.1) is 21.4 Å². The maximum absolute atomic E-state index is 13.0. The molecule has 0 bridgehead atoms. The number of aromatic nitrogens is 2. The van der Waals surface area contributed by atoms with E-state index in [9.17, 15) is 20.2 Å². The van der Waals surface area contributed by atoms with Gasteiger partial charge in [0.15, 0.2) is 0 Å². The van der Waals surface area contributed by atoms with Crippen molar-refractivity contribution >= 4 is 34.2 Å². The van der Waals surface area contributed by atoms with Gasteiger partial charge in [0, 0.05) is 46.4 Å². The predicted molar refractivity (Wildman–Crippen MR) is 127 cm³/mol. The largest absolute Gasteiger partial charge is 0.354 e. The summed E-state index contributed by atoms with van der Waals surface area (Å²) in [6.07, 6.45) is 3.39. The number of benzene rings is 3. The van der Waals surface area contributed by atoms with E-state index in [4.69, 9.17) is 0 Å². The Hall–Kier alpha value is -5.23. The second-order valence-corrected chi connectivity index (χ2v) is 7.54. The molecule has 164 valence electrons. The number of nitriles is 1. The smallest absolute Gasteiger partial charge is 0.270 e. The molecule has 9 heteroatoms. The van der Waals surface area contributed by atoms with Crippen LogP contribution in [0.4, 0.5) is 17.1 Å². The Morgan fingerprint density at radius 2 is 1.91 bits per heavy atom. The number of amides is 1. The second-order valence-electron chi connectivity index (χ2n) is 7.54. The van der Waals surface area contributed by atoms with Crippen molar-refractivity contribution < 1.29 is 9.72 Å². The zero-order valence-corrected chi connectivity index (χ0v) is 17.6. The zero-order chi connectivity index (χ0) is 23.7. The molecule has 34 heavy (non-hydrogen) atoms. The van der Waals surface area contributed by atoms with E-state index >= 15 is 0 Å². The van der Waals surface area contributed by atoms with Crippen molar-refractivity contribution in [2.75, 3.05) is 10.6 Å². The third-order valence-electron chi connectivity index (χ3n) is 5.44. The average molecular weight is 448 g/mol. The Balaban J connectivity index is 1.65. The number of carbonyl (C=O) groups excluding carboxylic acids is 1. The van der Waals surface area contributed by atoms with Gasteiger partial charge in [-0.25, -0.2) is 4.98 Å². The third-order valence-corrected chi connectivity index (χ3v) is 5.44. The minimum atomic E-state index is -0.502. The summed E-state index contributed by atoms with van der Waals surface area (Å²) in [5.41, 5.74) is 4.87. The zero-order valence-electron chi connectivity index (χ0n) is 17.6. The number of imidazole rings is 1. The number of carbonyl (C=O) groups is 1. The number of aromatic amines is 1. The molecule has 3 N–H and O–H groups in total. The van der Waals surface area contributed by atoms with Gasteiger partial charge >= 0.3 is 0 Å². The Bertz CT molecular complexity index is 1500. The summed E-state index contributed by atoms with van der Waals surface area (Å²) in [6.45, 7) is 0. The fraction of sp³-hybridized carbons (Fsp3) is 0. The highest BCUT2D eigenvalue weighted by Gasteiger charge is 2.30. The maximum Gasteiger partial charge on any atom is 0.270 e. The van der Waals surface area contributed by atoms with Gasteiger partial charge in [-0.2, -0.15) is 5.26 Å². The molecule has 0 atom stereocenters. The van der Waals surface area contributed by atoms with E-state index in [1.165, 1.54) is 18.2 Å². The summed E-state index contributed by atoms with van der Waals surface area (Å²) >= 11 is 0. The van der Waals surface area contributed by atoms with E-state index in [2.05, 4.69) is 26.7 Å². The fourth-order valence-corrected chi connectivity index (χ4v) is 3.83. The molecule has 0 unspecified atom stereocenters. The summed E-state index contributed by atoms with van der Waals surface area (Å²) < 4.78 is 0. The molecule has 1 aliphatic heterocycles. The SMILES string of the molecule is N#Cc1cccc(/C(Nc2ccc(-c3c[nH]cn3)cc2)=C2/C(=O)Nc3ccc([N+](=O)[O-])cc32)c1. The van der Waals surface area contributed by atoms with Crippen LogP contribution in [0.5, 0.6) is 0 Å². The van der Waals surface area contributed by atoms with Crippen molar-refractivity contribution in [3.63, 3.8) is 0 Å². The van der Waals surface area contributed by atoms with Crippen molar-refractivity contribution in [2.45, 2.75) is 0 Å². The first-order valence-electron chi connectivity index (χ1n) is 10.2. The summed E-state index contributed by atoms with van der Waals surface area (Å²) in [6, 6.07) is 20.6. The number of rotatable bonds is 5. The molecular formula is C25H16N6O3. The molecule has 0 saturated carbocycles. The van der Waals surface area contributed by atoms with E-state index in [-0.39, 0.29) is 11.3 Å². The first kappa shape index (κ1) is 20.7. The Labute approximate surface area is 193 Å². The fourth-order valence-electron chi connectivity index (χ4n) is 3.83. The molecule has 0 spiro atoms. The van der Waals surface area contributed by atoms with Crippen LogP contribution < -0.4 is 10.6 Å². The van der Waals surface area contributed by atoms with Gasteiger partial charge in [-0.1, -0.05) is 24.3 Å². The minimum Gasteiger partial charge on any atom is -0.354 e. The quantitative estimate of drug-likeness (QED) is 0.228. The summed E-state index contributed by atoms with van der Waals surface area (Å²) in [4.78, 5) is 31.0. The standard InChI is InChI=1S/C25H16N6O3/c26-12-15-2-1-3-17(10-15)24(29-18-6-4-16(5-7-18)22-13-27-14-28-22)23-20-11-19(31(33)34)8-9-21(20)30-25(23)32/h1-11,13-14,29H,(H,27,28)(H,30,32)/b24-23-. The Morgan fingerprint density at radius 3 is 2.62 bits per heavy atom. The third kappa shape index (κ3) is 3.76. The summed E-state index contributed by atoms with van der Waals surface area (Å²) in [5, 5.41) is 26.8. The summed E-state index contributed by atoms with van der Waals surface area (Å²) in [7, 11) is 0. The molecule has 0 radical (unpaired) electrons. The number of H-pyrrole nitrogens is 1. The second kappa shape index (κ2) is 8.37. The molecular weight excluding hydrogens is 432 g/mol. The number of hydrogen-bond acceptors (Lipinski definition) is 6. The van der Waals surface area contributed by atoms with E-state index in [1.807, 2.05) is 24.3 Å². The lowest BCUT2D eigenvalue weighted by Gasteiger charge is -2.15. The van der Waals surface area contributed by atoms with E-state index < -0.39 is 10.8 Å². The van der Waals surface area contributed by atoms with Crippen LogP contribution in [0.3, 0.4) is 0 Å². The van der Waals surface area contributed by atoms with Crippen molar-refractivity contribution in [1.82, 2.24) is 9.97 Å². The molecule has 0 saturated heterocycles. The molecule has 4 aromatic rings. The van der Waals surface area contributed by atoms with E-state index in [0.29, 0.717) is 33.8 Å². The van der Waals surface area contributed by atoms with Gasteiger partial charge in [0.25, 0.3) is 11.6 Å². The number of nitro groups is 1. The number of nitrogens with one attached hydrogen (secondary N) is 3. The van der Waals surface area contributed by atoms with Crippen LogP contribution in [-0.2, 0) is 4.79 Å². The normalized spacial score (nSPS) is 13.6. The first-order chi connectivity index (χ1) is 16.5. The highest BCUT2D eigenvalue weighted by atomic mass is 16.6. The van der Waals surface area contributed by atoms with Crippen LogP contribution in [0.15, 0.2) is 79.3 Å². The highest BCUT2D eigenvalue weighted by Crippen LogP contribution is 2.39. The van der Waals surface area contributed by atoms with Gasteiger partial charge in [0.2, 0.25) is 0 Å². The molecule has 1 aliphatic rings. The van der Waals surface area contributed by atoms with Gasteiger partial charge < -0.3 is 15.6 Å². The molecule has 2 heterocycles. The van der Waals surface area contributed by atoms with Crippen molar-refractivity contribution in [3.8, 4) is 17.3 Å². The number of nitro benzene ring substituents is 1. The Kier molecular flexibility index (Phi) is 5.08. The van der Waals surface area contributed by atoms with Gasteiger partial charge in [0.05, 0.1) is 39.8 Å². The number of fused-ring (bicyclic) bond motifs is 1. The topological polar surface area (TPSA) is 137 Å². The molecule has 3 aromatic carbocycles. The lowest BCUT2D eigenvalue weighted by atomic mass is 9.98. The number of anilines is 2. The molecule has 0 fully saturated rings. The number of nitrogens with zero attached hydrogens (tertiary/aromatic N) is 3. The average Bonchev–Trinajstić information content (AvgIpc) is 3.50. The highest BCUT2D eigenvalue weighted by molar-refractivity contribution is 6.37. The van der Waals surface area contributed by atoms with Crippen LogP contribution in [-0.4, -0.2) is 20.8 Å².